The predicted octanol–water partition coefficient (Wildman–Crippen LogP) is 3.23. The highest BCUT2D eigenvalue weighted by molar-refractivity contribution is 5.09. The van der Waals surface area contributed by atoms with Gasteiger partial charge >= 0.3 is 0 Å². The van der Waals surface area contributed by atoms with Gasteiger partial charge < -0.3 is 5.73 Å². The van der Waals surface area contributed by atoms with Gasteiger partial charge in [-0.3, -0.25) is 15.0 Å². The van der Waals surface area contributed by atoms with Crippen molar-refractivity contribution in [1.82, 2.24) is 15.0 Å². The molecule has 0 saturated heterocycles. The van der Waals surface area contributed by atoms with E-state index in [1.165, 1.54) is 0 Å². The summed E-state index contributed by atoms with van der Waals surface area (Å²) in [4.78, 5) is 13.3. The molecule has 2 unspecified atom stereocenters. The Morgan fingerprint density at radius 3 is 1.72 bits per heavy atom. The zero-order chi connectivity index (χ0) is 17.3. The molecule has 0 aliphatic carbocycles. The maximum Gasteiger partial charge on any atom is 0.0419 e. The Hall–Kier alpha value is -2.59. The molecule has 4 nitrogen and oxygen atoms in total. The van der Waals surface area contributed by atoms with E-state index in [0.717, 1.165) is 42.8 Å². The van der Waals surface area contributed by atoms with Crippen molar-refractivity contribution in [3.8, 4) is 0 Å². The molecule has 25 heavy (non-hydrogen) atoms. The summed E-state index contributed by atoms with van der Waals surface area (Å²) in [5.41, 5.74) is 9.81. The van der Waals surface area contributed by atoms with Crippen LogP contribution in [0.5, 0.6) is 0 Å². The van der Waals surface area contributed by atoms with E-state index in [9.17, 15) is 0 Å². The van der Waals surface area contributed by atoms with Crippen molar-refractivity contribution in [2.75, 3.05) is 0 Å². The monoisotopic (exact) mass is 332 g/mol. The highest BCUT2D eigenvalue weighted by atomic mass is 14.7. The zero-order valence-electron chi connectivity index (χ0n) is 14.3. The minimum absolute atomic E-state index is 0.0422. The summed E-state index contributed by atoms with van der Waals surface area (Å²) in [7, 11) is 0. The highest BCUT2D eigenvalue weighted by Gasteiger charge is 2.20. The summed E-state index contributed by atoms with van der Waals surface area (Å²) in [6.07, 6.45) is 9.08. The fourth-order valence-electron chi connectivity index (χ4n) is 3.06. The standard InChI is InChI=1S/C21H24N4/c22-21(16-20-9-3-6-14-25-20)17(15-19-8-2-5-13-24-19)10-11-18-7-1-4-12-23-18/h1-9,12-14,17,21H,10-11,15-16,22H2. The van der Waals surface area contributed by atoms with E-state index in [-0.39, 0.29) is 6.04 Å². The van der Waals surface area contributed by atoms with Gasteiger partial charge in [-0.05, 0) is 61.6 Å². The maximum atomic E-state index is 6.57. The number of aryl methyl sites for hydroxylation is 1. The van der Waals surface area contributed by atoms with Gasteiger partial charge in [-0.1, -0.05) is 18.2 Å². The number of nitrogens with two attached hydrogens (primary N) is 1. The summed E-state index contributed by atoms with van der Waals surface area (Å²) in [6.45, 7) is 0. The first-order chi connectivity index (χ1) is 12.3. The second-order valence-corrected chi connectivity index (χ2v) is 6.33. The Morgan fingerprint density at radius 1 is 0.680 bits per heavy atom. The van der Waals surface area contributed by atoms with Gasteiger partial charge in [0.05, 0.1) is 0 Å². The molecule has 0 bridgehead atoms. The third kappa shape index (κ3) is 5.47. The number of pyridine rings is 3. The number of nitrogens with zero attached hydrogens (tertiary/aromatic N) is 3. The van der Waals surface area contributed by atoms with Gasteiger partial charge in [0.1, 0.15) is 0 Å². The maximum absolute atomic E-state index is 6.57. The minimum atomic E-state index is 0.0422. The van der Waals surface area contributed by atoms with Gasteiger partial charge in [-0.25, -0.2) is 0 Å². The third-order valence-corrected chi connectivity index (χ3v) is 4.47. The molecule has 3 rings (SSSR count). The lowest BCUT2D eigenvalue weighted by Gasteiger charge is -2.23. The molecule has 3 aromatic rings. The van der Waals surface area contributed by atoms with Gasteiger partial charge in [-0.2, -0.15) is 0 Å². The lowest BCUT2D eigenvalue weighted by Crippen LogP contribution is -2.34. The average molecular weight is 332 g/mol. The first kappa shape index (κ1) is 17.2. The molecule has 0 amide bonds. The number of hydrogen-bond acceptors (Lipinski definition) is 4. The van der Waals surface area contributed by atoms with Crippen LogP contribution in [0.25, 0.3) is 0 Å². The van der Waals surface area contributed by atoms with E-state index >= 15 is 0 Å². The van der Waals surface area contributed by atoms with Crippen LogP contribution in [0.1, 0.15) is 23.5 Å². The van der Waals surface area contributed by atoms with E-state index in [2.05, 4.69) is 27.1 Å². The quantitative estimate of drug-likeness (QED) is 0.688. The van der Waals surface area contributed by atoms with Crippen LogP contribution >= 0.6 is 0 Å². The van der Waals surface area contributed by atoms with Crippen molar-refractivity contribution >= 4 is 0 Å². The smallest absolute Gasteiger partial charge is 0.0419 e. The van der Waals surface area contributed by atoms with Gasteiger partial charge in [0.2, 0.25) is 0 Å². The Balaban J connectivity index is 1.68. The van der Waals surface area contributed by atoms with Crippen molar-refractivity contribution in [3.63, 3.8) is 0 Å². The van der Waals surface area contributed by atoms with Gasteiger partial charge in [0.25, 0.3) is 0 Å². The molecule has 0 aliphatic rings. The molecular weight excluding hydrogens is 308 g/mol. The highest BCUT2D eigenvalue weighted by Crippen LogP contribution is 2.19. The average Bonchev–Trinajstić information content (AvgIpc) is 2.67. The van der Waals surface area contributed by atoms with E-state index in [1.807, 2.05) is 61.1 Å². The third-order valence-electron chi connectivity index (χ3n) is 4.47. The first-order valence-corrected chi connectivity index (χ1v) is 8.76. The Bertz CT molecular complexity index is 732. The molecular formula is C21H24N4. The van der Waals surface area contributed by atoms with Crippen molar-refractivity contribution < 1.29 is 0 Å². The second kappa shape index (κ2) is 9.04. The van der Waals surface area contributed by atoms with Gasteiger partial charge in [0.15, 0.2) is 0 Å². The van der Waals surface area contributed by atoms with Crippen LogP contribution in [0.4, 0.5) is 0 Å². The van der Waals surface area contributed by atoms with Crippen LogP contribution in [0, 0.1) is 5.92 Å². The molecule has 0 saturated carbocycles. The molecule has 0 fully saturated rings. The fraction of sp³-hybridized carbons (Fsp3) is 0.286. The first-order valence-electron chi connectivity index (χ1n) is 8.76. The van der Waals surface area contributed by atoms with Gasteiger partial charge in [0, 0.05) is 48.1 Å². The van der Waals surface area contributed by atoms with Crippen molar-refractivity contribution in [2.24, 2.45) is 11.7 Å². The summed E-state index contributed by atoms with van der Waals surface area (Å²) in [5, 5.41) is 0. The summed E-state index contributed by atoms with van der Waals surface area (Å²) < 4.78 is 0. The summed E-state index contributed by atoms with van der Waals surface area (Å²) in [5.74, 6) is 0.332. The van der Waals surface area contributed by atoms with E-state index in [4.69, 9.17) is 5.73 Å². The van der Waals surface area contributed by atoms with Crippen LogP contribution in [0.3, 0.4) is 0 Å². The van der Waals surface area contributed by atoms with Gasteiger partial charge in [-0.15, -0.1) is 0 Å². The Kier molecular flexibility index (Phi) is 6.23. The van der Waals surface area contributed by atoms with Crippen molar-refractivity contribution in [1.29, 1.82) is 0 Å². The molecule has 0 radical (unpaired) electrons. The number of aromatic nitrogens is 3. The zero-order valence-corrected chi connectivity index (χ0v) is 14.3. The van der Waals surface area contributed by atoms with Crippen LogP contribution in [-0.4, -0.2) is 21.0 Å². The summed E-state index contributed by atoms with van der Waals surface area (Å²) in [6, 6.07) is 18.1. The van der Waals surface area contributed by atoms with E-state index in [1.54, 1.807) is 0 Å². The topological polar surface area (TPSA) is 64.7 Å². The van der Waals surface area contributed by atoms with Crippen LogP contribution in [-0.2, 0) is 19.3 Å². The number of rotatable bonds is 8. The molecule has 0 spiro atoms. The molecule has 0 aliphatic heterocycles. The lowest BCUT2D eigenvalue weighted by atomic mass is 9.87. The SMILES string of the molecule is NC(Cc1ccccn1)C(CCc1ccccn1)Cc1ccccn1. The van der Waals surface area contributed by atoms with Crippen molar-refractivity contribution in [2.45, 2.75) is 31.7 Å². The van der Waals surface area contributed by atoms with Crippen LogP contribution in [0.15, 0.2) is 73.2 Å². The molecule has 0 aromatic carbocycles. The minimum Gasteiger partial charge on any atom is -0.327 e. The van der Waals surface area contributed by atoms with E-state index in [0.29, 0.717) is 5.92 Å². The Labute approximate surface area is 149 Å². The lowest BCUT2D eigenvalue weighted by molar-refractivity contribution is 0.382. The Morgan fingerprint density at radius 2 is 1.20 bits per heavy atom. The predicted molar refractivity (Wildman–Crippen MR) is 99.9 cm³/mol. The molecule has 3 heterocycles. The molecule has 3 aromatic heterocycles. The fourth-order valence-corrected chi connectivity index (χ4v) is 3.06. The largest absolute Gasteiger partial charge is 0.327 e. The molecule has 2 N–H and O–H groups in total. The number of hydrogen-bond donors (Lipinski definition) is 1. The molecule has 128 valence electrons. The van der Waals surface area contributed by atoms with Crippen molar-refractivity contribution in [3.05, 3.63) is 90.3 Å². The van der Waals surface area contributed by atoms with Crippen LogP contribution < -0.4 is 5.73 Å². The van der Waals surface area contributed by atoms with E-state index < -0.39 is 0 Å². The summed E-state index contributed by atoms with van der Waals surface area (Å²) >= 11 is 0. The molecule has 4 heteroatoms. The molecule has 2 atom stereocenters. The van der Waals surface area contributed by atoms with Crippen LogP contribution in [0.2, 0.25) is 0 Å². The normalized spacial score (nSPS) is 13.3. The second-order valence-electron chi connectivity index (χ2n) is 6.33.